The van der Waals surface area contributed by atoms with Crippen molar-refractivity contribution in [2.45, 2.75) is 11.8 Å². The molecule has 1 aromatic carbocycles. The lowest BCUT2D eigenvalue weighted by molar-refractivity contribution is 0.587. The van der Waals surface area contributed by atoms with Gasteiger partial charge in [-0.25, -0.2) is 18.4 Å². The maximum absolute atomic E-state index is 12.2. The molecule has 0 spiro atoms. The lowest BCUT2D eigenvalue weighted by Crippen LogP contribution is -2.30. The van der Waals surface area contributed by atoms with E-state index in [1.165, 1.54) is 18.5 Å². The monoisotopic (exact) mass is 334 g/mol. The zero-order valence-electron chi connectivity index (χ0n) is 12.6. The lowest BCUT2D eigenvalue weighted by atomic mass is 10.2. The van der Waals surface area contributed by atoms with Crippen LogP contribution < -0.4 is 21.3 Å². The average molecular weight is 334 g/mol. The fourth-order valence-corrected chi connectivity index (χ4v) is 2.54. The minimum Gasteiger partial charge on any atom is -0.393 e. The number of anilines is 3. The van der Waals surface area contributed by atoms with Gasteiger partial charge in [0, 0.05) is 6.54 Å². The Bertz CT molecular complexity index is 789. The number of benzene rings is 1. The van der Waals surface area contributed by atoms with Crippen molar-refractivity contribution in [3.8, 4) is 0 Å². The topological polar surface area (TPSA) is 122 Å². The molecule has 0 unspecified atom stereocenters. The Morgan fingerprint density at radius 3 is 2.52 bits per heavy atom. The number of rotatable bonds is 7. The Labute approximate surface area is 134 Å². The van der Waals surface area contributed by atoms with Crippen molar-refractivity contribution in [2.75, 3.05) is 23.0 Å². The number of aryl methyl sites for hydroxylation is 1. The van der Waals surface area contributed by atoms with E-state index in [4.69, 9.17) is 5.73 Å². The molecule has 8 nitrogen and oxygen atoms in total. The fraction of sp³-hybridized carbons (Fsp3) is 0.143. The molecule has 0 saturated carbocycles. The summed E-state index contributed by atoms with van der Waals surface area (Å²) < 4.78 is 24.4. The molecule has 1 aromatic heterocycles. The number of hydrogen-bond acceptors (Lipinski definition) is 7. The summed E-state index contributed by atoms with van der Waals surface area (Å²) in [5.41, 5.74) is 9.56. The van der Waals surface area contributed by atoms with Crippen molar-refractivity contribution in [1.82, 2.24) is 14.8 Å². The second kappa shape index (κ2) is 7.07. The molecule has 0 aliphatic carbocycles. The largest absolute Gasteiger partial charge is 0.393 e. The van der Waals surface area contributed by atoms with Gasteiger partial charge < -0.3 is 11.1 Å². The van der Waals surface area contributed by atoms with Crippen LogP contribution in [-0.4, -0.2) is 24.9 Å². The smallest absolute Gasteiger partial charge is 0.257 e. The molecule has 23 heavy (non-hydrogen) atoms. The average Bonchev–Trinajstić information content (AvgIpc) is 2.53. The molecule has 0 aliphatic rings. The Morgan fingerprint density at radius 2 is 1.87 bits per heavy atom. The van der Waals surface area contributed by atoms with Crippen LogP contribution in [-0.2, 0) is 10.0 Å². The van der Waals surface area contributed by atoms with Crippen LogP contribution in [0.15, 0.2) is 48.1 Å². The van der Waals surface area contributed by atoms with E-state index >= 15 is 0 Å². The van der Waals surface area contributed by atoms with Crippen LogP contribution in [0.25, 0.3) is 0 Å². The van der Waals surface area contributed by atoms with Gasteiger partial charge in [-0.2, -0.15) is 0 Å². The van der Waals surface area contributed by atoms with Crippen LogP contribution in [0.3, 0.4) is 0 Å². The first kappa shape index (κ1) is 16.7. The van der Waals surface area contributed by atoms with Crippen molar-refractivity contribution >= 4 is 27.3 Å². The molecule has 0 atom stereocenters. The molecule has 122 valence electrons. The summed E-state index contributed by atoms with van der Waals surface area (Å²) >= 11 is 0. The van der Waals surface area contributed by atoms with Crippen LogP contribution in [0, 0.1) is 6.92 Å². The molecule has 5 N–H and O–H groups in total. The third-order valence-electron chi connectivity index (χ3n) is 2.93. The van der Waals surface area contributed by atoms with E-state index in [9.17, 15) is 8.42 Å². The maximum atomic E-state index is 12.2. The van der Waals surface area contributed by atoms with Crippen molar-refractivity contribution in [3.05, 3.63) is 48.8 Å². The minimum absolute atomic E-state index is 0.133. The van der Waals surface area contributed by atoms with E-state index in [1.54, 1.807) is 18.2 Å². The molecule has 0 fully saturated rings. The molecule has 0 aliphatic heterocycles. The van der Waals surface area contributed by atoms with Gasteiger partial charge in [0.2, 0.25) is 0 Å². The van der Waals surface area contributed by atoms with Gasteiger partial charge in [-0.05, 0) is 19.1 Å². The van der Waals surface area contributed by atoms with Crippen molar-refractivity contribution < 1.29 is 8.42 Å². The Balaban J connectivity index is 2.14. The van der Waals surface area contributed by atoms with E-state index in [2.05, 4.69) is 32.1 Å². The number of nitrogens with one attached hydrogen (secondary N) is 3. The second-order valence-electron chi connectivity index (χ2n) is 4.70. The zero-order chi connectivity index (χ0) is 16.9. The van der Waals surface area contributed by atoms with Gasteiger partial charge in [-0.1, -0.05) is 23.8 Å². The van der Waals surface area contributed by atoms with Gasteiger partial charge in [-0.15, -0.1) is 11.4 Å². The van der Waals surface area contributed by atoms with E-state index in [-0.39, 0.29) is 16.4 Å². The summed E-state index contributed by atoms with van der Waals surface area (Å²) in [4.78, 5) is 10.3. The molecule has 0 bridgehead atoms. The molecule has 2 aromatic rings. The van der Waals surface area contributed by atoms with Crippen LogP contribution in [0.2, 0.25) is 0 Å². The van der Waals surface area contributed by atoms with Gasteiger partial charge in [-0.3, -0.25) is 5.43 Å². The molecule has 0 radical (unpaired) electrons. The maximum Gasteiger partial charge on any atom is 0.257 e. The molecular formula is C14H18N6O2S. The summed E-state index contributed by atoms with van der Waals surface area (Å²) in [7, 11) is -3.74. The highest BCUT2D eigenvalue weighted by Gasteiger charge is 2.15. The lowest BCUT2D eigenvalue weighted by Gasteiger charge is -2.12. The minimum atomic E-state index is -3.74. The summed E-state index contributed by atoms with van der Waals surface area (Å²) in [6, 6.07) is 6.45. The molecule has 1 heterocycles. The van der Waals surface area contributed by atoms with E-state index in [1.807, 2.05) is 6.92 Å². The summed E-state index contributed by atoms with van der Waals surface area (Å²) in [6.45, 7) is 5.93. The number of sulfonamides is 1. The predicted molar refractivity (Wildman–Crippen MR) is 90.3 cm³/mol. The highest BCUT2D eigenvalue weighted by molar-refractivity contribution is 7.89. The van der Waals surface area contributed by atoms with Crippen LogP contribution in [0.1, 0.15) is 5.56 Å². The first-order chi connectivity index (χ1) is 10.9. The van der Waals surface area contributed by atoms with Gasteiger partial charge in [0.25, 0.3) is 10.0 Å². The van der Waals surface area contributed by atoms with Gasteiger partial charge in [0.1, 0.15) is 12.0 Å². The van der Waals surface area contributed by atoms with Crippen molar-refractivity contribution in [2.24, 2.45) is 0 Å². The molecule has 0 saturated heterocycles. The number of hydrazine groups is 1. The Kier molecular flexibility index (Phi) is 5.14. The SMILES string of the molecule is C=CCNc1ncnc(NNS(=O)(=O)c2ccc(C)cc2)c1N. The quantitative estimate of drug-likeness (QED) is 0.444. The van der Waals surface area contributed by atoms with E-state index < -0.39 is 10.0 Å². The van der Waals surface area contributed by atoms with Gasteiger partial charge in [0.05, 0.1) is 4.90 Å². The van der Waals surface area contributed by atoms with Crippen molar-refractivity contribution in [1.29, 1.82) is 0 Å². The third kappa shape index (κ3) is 4.18. The number of nitrogens with two attached hydrogens (primary N) is 1. The van der Waals surface area contributed by atoms with E-state index in [0.717, 1.165) is 5.56 Å². The highest BCUT2D eigenvalue weighted by Crippen LogP contribution is 2.21. The fourth-order valence-electron chi connectivity index (χ4n) is 1.70. The third-order valence-corrected chi connectivity index (χ3v) is 4.20. The number of nitrogen functional groups attached to an aromatic ring is 1. The second-order valence-corrected chi connectivity index (χ2v) is 6.38. The Morgan fingerprint density at radius 1 is 1.22 bits per heavy atom. The number of hydrogen-bond donors (Lipinski definition) is 4. The van der Waals surface area contributed by atoms with Crippen LogP contribution in [0.5, 0.6) is 0 Å². The summed E-state index contributed by atoms with van der Waals surface area (Å²) in [5, 5.41) is 2.93. The summed E-state index contributed by atoms with van der Waals surface area (Å²) in [5.74, 6) is 0.541. The van der Waals surface area contributed by atoms with Crippen molar-refractivity contribution in [3.63, 3.8) is 0 Å². The molecule has 0 amide bonds. The van der Waals surface area contributed by atoms with Gasteiger partial charge >= 0.3 is 0 Å². The first-order valence-electron chi connectivity index (χ1n) is 6.74. The van der Waals surface area contributed by atoms with E-state index in [0.29, 0.717) is 12.4 Å². The van der Waals surface area contributed by atoms with Gasteiger partial charge in [0.15, 0.2) is 11.6 Å². The molecule has 9 heteroatoms. The number of nitrogens with zero attached hydrogens (tertiary/aromatic N) is 2. The zero-order valence-corrected chi connectivity index (χ0v) is 13.4. The highest BCUT2D eigenvalue weighted by atomic mass is 32.2. The standard InChI is InChI=1S/C14H18N6O2S/c1-3-8-16-13-12(15)14(18-9-17-13)19-20-23(21,22)11-6-4-10(2)5-7-11/h3-7,9,20H,1,8,15H2,2H3,(H2,16,17,18,19). The number of aromatic nitrogens is 2. The summed E-state index contributed by atoms with van der Waals surface area (Å²) in [6.07, 6.45) is 2.92. The van der Waals surface area contributed by atoms with Crippen LogP contribution in [0.4, 0.5) is 17.3 Å². The molecule has 2 rings (SSSR count). The predicted octanol–water partition coefficient (Wildman–Crippen LogP) is 1.27. The normalized spacial score (nSPS) is 11.0. The van der Waals surface area contributed by atoms with Crippen LogP contribution >= 0.6 is 0 Å². The molecular weight excluding hydrogens is 316 g/mol. The first-order valence-corrected chi connectivity index (χ1v) is 8.22. The Hall–Kier alpha value is -2.65.